The van der Waals surface area contributed by atoms with Crippen molar-refractivity contribution < 1.29 is 0 Å². The van der Waals surface area contributed by atoms with Crippen LogP contribution in [-0.2, 0) is 0 Å². The Balaban J connectivity index is 1.86. The molecule has 7 heteroatoms. The molecule has 0 saturated carbocycles. The van der Waals surface area contributed by atoms with E-state index in [0.29, 0.717) is 16.8 Å². The van der Waals surface area contributed by atoms with E-state index in [1.165, 1.54) is 0 Å². The topological polar surface area (TPSA) is 68.5 Å². The van der Waals surface area contributed by atoms with Crippen LogP contribution in [0.15, 0.2) is 49.2 Å². The molecule has 19 heavy (non-hydrogen) atoms. The fourth-order valence-corrected chi connectivity index (χ4v) is 1.75. The summed E-state index contributed by atoms with van der Waals surface area (Å²) in [7, 11) is 0. The van der Waals surface area contributed by atoms with Crippen LogP contribution in [0.5, 0.6) is 0 Å². The molecule has 0 atom stereocenters. The van der Waals surface area contributed by atoms with Crippen LogP contribution >= 0.6 is 11.6 Å². The average molecular weight is 273 g/mol. The zero-order valence-corrected chi connectivity index (χ0v) is 10.5. The molecule has 0 aromatic carbocycles. The Kier molecular flexibility index (Phi) is 3.07. The van der Waals surface area contributed by atoms with Gasteiger partial charge in [0.1, 0.15) is 0 Å². The van der Waals surface area contributed by atoms with Crippen LogP contribution in [0, 0.1) is 0 Å². The number of anilines is 2. The molecule has 3 rings (SSSR count). The normalized spacial score (nSPS) is 10.4. The molecule has 0 saturated heterocycles. The van der Waals surface area contributed by atoms with Crippen LogP contribution in [0.1, 0.15) is 0 Å². The van der Waals surface area contributed by atoms with E-state index in [0.717, 1.165) is 5.69 Å². The number of rotatable bonds is 3. The highest BCUT2D eigenvalue weighted by atomic mass is 35.5. The van der Waals surface area contributed by atoms with Crippen molar-refractivity contribution in [1.82, 2.24) is 24.7 Å². The van der Waals surface area contributed by atoms with Gasteiger partial charge in [-0.1, -0.05) is 11.6 Å². The summed E-state index contributed by atoms with van der Waals surface area (Å²) in [5.41, 5.74) is 0.757. The highest BCUT2D eigenvalue weighted by Crippen LogP contribution is 2.19. The second kappa shape index (κ2) is 5.03. The third kappa shape index (κ3) is 2.53. The summed E-state index contributed by atoms with van der Waals surface area (Å²) < 4.78 is 1.59. The van der Waals surface area contributed by atoms with Crippen LogP contribution < -0.4 is 5.32 Å². The Morgan fingerprint density at radius 3 is 2.63 bits per heavy atom. The predicted octanol–water partition coefficient (Wildman–Crippen LogP) is 2.45. The maximum atomic E-state index is 6.06. The van der Waals surface area contributed by atoms with Gasteiger partial charge in [0.15, 0.2) is 5.82 Å². The van der Waals surface area contributed by atoms with E-state index < -0.39 is 0 Å². The Morgan fingerprint density at radius 2 is 1.84 bits per heavy atom. The lowest BCUT2D eigenvalue weighted by Crippen LogP contribution is -1.98. The maximum absolute atomic E-state index is 6.06. The summed E-state index contributed by atoms with van der Waals surface area (Å²) in [5.74, 6) is 1.08. The van der Waals surface area contributed by atoms with Crippen LogP contribution in [-0.4, -0.2) is 24.7 Å². The second-order valence-electron chi connectivity index (χ2n) is 3.68. The minimum atomic E-state index is 0.508. The van der Waals surface area contributed by atoms with Gasteiger partial charge in [-0.15, -0.1) is 0 Å². The zero-order chi connectivity index (χ0) is 13.1. The lowest BCUT2D eigenvalue weighted by atomic mass is 10.4. The molecule has 0 aliphatic rings. The third-order valence-corrected chi connectivity index (χ3v) is 2.66. The van der Waals surface area contributed by atoms with E-state index in [2.05, 4.69) is 25.4 Å². The Bertz CT molecular complexity index is 681. The van der Waals surface area contributed by atoms with Gasteiger partial charge in [-0.05, 0) is 18.2 Å². The molecule has 0 spiro atoms. The van der Waals surface area contributed by atoms with Crippen molar-refractivity contribution in [3.63, 3.8) is 0 Å². The van der Waals surface area contributed by atoms with Gasteiger partial charge in [-0.3, -0.25) is 0 Å². The predicted molar refractivity (Wildman–Crippen MR) is 71.7 cm³/mol. The van der Waals surface area contributed by atoms with E-state index in [4.69, 9.17) is 11.6 Å². The molecule has 3 heterocycles. The van der Waals surface area contributed by atoms with Crippen molar-refractivity contribution in [2.45, 2.75) is 0 Å². The number of hydrogen-bond acceptors (Lipinski definition) is 5. The summed E-state index contributed by atoms with van der Waals surface area (Å²) in [6, 6.07) is 5.29. The van der Waals surface area contributed by atoms with E-state index in [-0.39, 0.29) is 0 Å². The van der Waals surface area contributed by atoms with Crippen LogP contribution in [0.2, 0.25) is 5.02 Å². The van der Waals surface area contributed by atoms with Crippen molar-refractivity contribution in [1.29, 1.82) is 0 Å². The van der Waals surface area contributed by atoms with Gasteiger partial charge in [-0.2, -0.15) is 5.10 Å². The van der Waals surface area contributed by atoms with E-state index in [1.807, 2.05) is 0 Å². The van der Waals surface area contributed by atoms with Crippen molar-refractivity contribution >= 4 is 23.2 Å². The third-order valence-electron chi connectivity index (χ3n) is 2.36. The maximum Gasteiger partial charge on any atom is 0.227 e. The standard InChI is InChI=1S/C12H9ClN6/c13-10-3-1-4-14-11(10)19-8-9(7-17-19)18-12-15-5-2-6-16-12/h1-8H,(H,15,16,18). The first-order valence-corrected chi connectivity index (χ1v) is 5.90. The van der Waals surface area contributed by atoms with Crippen LogP contribution in [0.25, 0.3) is 5.82 Å². The molecule has 0 amide bonds. The summed E-state index contributed by atoms with van der Waals surface area (Å²) in [4.78, 5) is 12.3. The second-order valence-corrected chi connectivity index (χ2v) is 4.09. The average Bonchev–Trinajstić information content (AvgIpc) is 2.89. The molecule has 1 N–H and O–H groups in total. The van der Waals surface area contributed by atoms with Crippen LogP contribution in [0.3, 0.4) is 0 Å². The molecule has 94 valence electrons. The fraction of sp³-hybridized carbons (Fsp3) is 0. The summed E-state index contributed by atoms with van der Waals surface area (Å²) in [5, 5.41) is 7.77. The molecule has 0 bridgehead atoms. The van der Waals surface area contributed by atoms with E-state index in [9.17, 15) is 0 Å². The van der Waals surface area contributed by atoms with Crippen molar-refractivity contribution in [3.8, 4) is 5.82 Å². The van der Waals surface area contributed by atoms with Gasteiger partial charge in [0.05, 0.1) is 23.1 Å². The molecule has 0 unspecified atom stereocenters. The van der Waals surface area contributed by atoms with Crippen molar-refractivity contribution in [2.75, 3.05) is 5.32 Å². The molecular formula is C12H9ClN6. The largest absolute Gasteiger partial charge is 0.321 e. The minimum absolute atomic E-state index is 0.508. The van der Waals surface area contributed by atoms with Crippen molar-refractivity contribution in [3.05, 3.63) is 54.2 Å². The quantitative estimate of drug-likeness (QED) is 0.793. The smallest absolute Gasteiger partial charge is 0.227 e. The number of nitrogens with zero attached hydrogens (tertiary/aromatic N) is 5. The van der Waals surface area contributed by atoms with E-state index in [1.54, 1.807) is 53.9 Å². The number of aromatic nitrogens is 5. The minimum Gasteiger partial charge on any atom is -0.321 e. The molecule has 3 aromatic rings. The van der Waals surface area contributed by atoms with Gasteiger partial charge >= 0.3 is 0 Å². The first kappa shape index (κ1) is 11.6. The first-order chi connectivity index (χ1) is 9.33. The zero-order valence-electron chi connectivity index (χ0n) is 9.73. The lowest BCUT2D eigenvalue weighted by molar-refractivity contribution is 0.847. The molecule has 0 radical (unpaired) electrons. The molecular weight excluding hydrogens is 264 g/mol. The Hall–Kier alpha value is -2.47. The van der Waals surface area contributed by atoms with E-state index >= 15 is 0 Å². The first-order valence-electron chi connectivity index (χ1n) is 5.52. The van der Waals surface area contributed by atoms with Gasteiger partial charge in [0.25, 0.3) is 0 Å². The van der Waals surface area contributed by atoms with Gasteiger partial charge < -0.3 is 5.32 Å². The Labute approximate surface area is 114 Å². The highest BCUT2D eigenvalue weighted by molar-refractivity contribution is 6.32. The number of nitrogens with one attached hydrogen (secondary N) is 1. The summed E-state index contributed by atoms with van der Waals surface area (Å²) in [6.45, 7) is 0. The lowest BCUT2D eigenvalue weighted by Gasteiger charge is -2.02. The highest BCUT2D eigenvalue weighted by Gasteiger charge is 2.06. The van der Waals surface area contributed by atoms with Gasteiger partial charge in [0, 0.05) is 18.6 Å². The summed E-state index contributed by atoms with van der Waals surface area (Å²) in [6.07, 6.45) is 8.41. The molecule has 3 aromatic heterocycles. The molecule has 0 fully saturated rings. The fourth-order valence-electron chi connectivity index (χ4n) is 1.54. The SMILES string of the molecule is Clc1cccnc1-n1cc(Nc2ncccn2)cn1. The molecule has 6 nitrogen and oxygen atoms in total. The number of hydrogen-bond donors (Lipinski definition) is 1. The number of pyridine rings is 1. The summed E-state index contributed by atoms with van der Waals surface area (Å²) >= 11 is 6.06. The van der Waals surface area contributed by atoms with Gasteiger partial charge in [-0.25, -0.2) is 19.6 Å². The monoisotopic (exact) mass is 272 g/mol. The van der Waals surface area contributed by atoms with Gasteiger partial charge in [0.2, 0.25) is 5.95 Å². The number of halogens is 1. The van der Waals surface area contributed by atoms with Crippen LogP contribution in [0.4, 0.5) is 11.6 Å². The Morgan fingerprint density at radius 1 is 1.05 bits per heavy atom. The molecule has 0 aliphatic carbocycles. The van der Waals surface area contributed by atoms with Crippen molar-refractivity contribution in [2.24, 2.45) is 0 Å². The molecule has 0 aliphatic heterocycles.